The predicted octanol–water partition coefficient (Wildman–Crippen LogP) is 2.75. The Labute approximate surface area is 205 Å². The number of fused-ring (bicyclic) bond motifs is 1. The van der Waals surface area contributed by atoms with Crippen LogP contribution in [-0.2, 0) is 26.2 Å². The highest BCUT2D eigenvalue weighted by molar-refractivity contribution is 6.32. The van der Waals surface area contributed by atoms with Gasteiger partial charge in [0.25, 0.3) is 0 Å². The van der Waals surface area contributed by atoms with E-state index in [2.05, 4.69) is 0 Å². The Kier molecular flexibility index (Phi) is 6.96. The van der Waals surface area contributed by atoms with Crippen molar-refractivity contribution in [2.45, 2.75) is 30.8 Å². The second kappa shape index (κ2) is 9.76. The Morgan fingerprint density at radius 2 is 1.82 bits per heavy atom. The zero-order valence-corrected chi connectivity index (χ0v) is 20.5. The molecule has 1 fully saturated rings. The molecule has 0 aliphatic carbocycles. The Balaban J connectivity index is 1.55. The quantitative estimate of drug-likeness (QED) is 0.540. The van der Waals surface area contributed by atoms with Gasteiger partial charge in [-0.2, -0.15) is 0 Å². The molecule has 0 spiro atoms. The molecular formula is C26H30ClN3O4. The van der Waals surface area contributed by atoms with E-state index >= 15 is 0 Å². The lowest BCUT2D eigenvalue weighted by Crippen LogP contribution is -2.45. The second-order valence-electron chi connectivity index (χ2n) is 9.40. The van der Waals surface area contributed by atoms with E-state index in [9.17, 15) is 14.4 Å². The zero-order chi connectivity index (χ0) is 24.5. The maximum absolute atomic E-state index is 13.7. The predicted molar refractivity (Wildman–Crippen MR) is 130 cm³/mol. The molecule has 7 nitrogen and oxygen atoms in total. The average Bonchev–Trinajstić information content (AvgIpc) is 3.30. The Morgan fingerprint density at radius 3 is 2.53 bits per heavy atom. The summed E-state index contributed by atoms with van der Waals surface area (Å²) in [5.41, 5.74) is 0.328. The van der Waals surface area contributed by atoms with Crippen molar-refractivity contribution in [1.82, 2.24) is 14.7 Å². The lowest BCUT2D eigenvalue weighted by molar-refractivity contribution is -0.142. The van der Waals surface area contributed by atoms with Crippen molar-refractivity contribution < 1.29 is 19.1 Å². The van der Waals surface area contributed by atoms with Crippen LogP contribution in [-0.4, -0.2) is 79.3 Å². The summed E-state index contributed by atoms with van der Waals surface area (Å²) in [5, 5.41) is 0.378. The van der Waals surface area contributed by atoms with E-state index in [1.807, 2.05) is 43.3 Å². The molecule has 0 N–H and O–H groups in total. The maximum Gasteiger partial charge on any atom is 0.240 e. The fourth-order valence-electron chi connectivity index (χ4n) is 4.78. The summed E-state index contributed by atoms with van der Waals surface area (Å²) in [4.78, 5) is 44.8. The van der Waals surface area contributed by atoms with Crippen LogP contribution in [0.15, 0.2) is 48.5 Å². The SMILES string of the molecule is CN(C)CCN1C(=O)C[C@@](CC(=O)N(C)C[C@@H]2Cc3ccccc3O2)(c2ccccc2Cl)C1=O. The molecule has 0 bridgehead atoms. The van der Waals surface area contributed by atoms with Gasteiger partial charge in [-0.1, -0.05) is 48.0 Å². The molecule has 2 aromatic carbocycles. The third-order valence-electron chi connectivity index (χ3n) is 6.64. The Morgan fingerprint density at radius 1 is 1.12 bits per heavy atom. The van der Waals surface area contributed by atoms with Crippen molar-refractivity contribution in [2.75, 3.05) is 40.8 Å². The van der Waals surface area contributed by atoms with Gasteiger partial charge in [0.2, 0.25) is 17.7 Å². The molecule has 0 saturated carbocycles. The van der Waals surface area contributed by atoms with Crippen LogP contribution in [0.5, 0.6) is 5.75 Å². The molecule has 2 aliphatic rings. The van der Waals surface area contributed by atoms with Crippen LogP contribution < -0.4 is 4.74 Å². The van der Waals surface area contributed by atoms with E-state index < -0.39 is 5.41 Å². The molecule has 4 rings (SSSR count). The van der Waals surface area contributed by atoms with Gasteiger partial charge < -0.3 is 14.5 Å². The highest BCUT2D eigenvalue weighted by Crippen LogP contribution is 2.43. The number of ether oxygens (including phenoxy) is 1. The fourth-order valence-corrected chi connectivity index (χ4v) is 5.09. The minimum absolute atomic E-state index is 0.0755. The Hall–Kier alpha value is -2.90. The summed E-state index contributed by atoms with van der Waals surface area (Å²) in [6, 6.07) is 14.8. The summed E-state index contributed by atoms with van der Waals surface area (Å²) in [6.07, 6.45) is 0.364. The highest BCUT2D eigenvalue weighted by atomic mass is 35.5. The molecule has 0 unspecified atom stereocenters. The molecule has 180 valence electrons. The molecule has 2 heterocycles. The van der Waals surface area contributed by atoms with Gasteiger partial charge in [0.05, 0.1) is 12.0 Å². The first kappa shape index (κ1) is 24.2. The number of hydrogen-bond acceptors (Lipinski definition) is 5. The summed E-state index contributed by atoms with van der Waals surface area (Å²) in [6.45, 7) is 1.21. The van der Waals surface area contributed by atoms with Crippen LogP contribution in [0.25, 0.3) is 0 Å². The molecule has 2 aliphatic heterocycles. The Bertz CT molecular complexity index is 1080. The maximum atomic E-state index is 13.7. The van der Waals surface area contributed by atoms with E-state index in [0.29, 0.717) is 23.7 Å². The van der Waals surface area contributed by atoms with E-state index in [1.165, 1.54) is 4.90 Å². The molecule has 3 amide bonds. The lowest BCUT2D eigenvalue weighted by Gasteiger charge is -2.30. The fraction of sp³-hybridized carbons (Fsp3) is 0.423. The highest BCUT2D eigenvalue weighted by Gasteiger charge is 2.54. The van der Waals surface area contributed by atoms with Crippen molar-refractivity contribution in [3.05, 3.63) is 64.7 Å². The molecule has 0 aromatic heterocycles. The third-order valence-corrected chi connectivity index (χ3v) is 6.97. The number of halogens is 1. The van der Waals surface area contributed by atoms with Crippen molar-refractivity contribution in [3.63, 3.8) is 0 Å². The van der Waals surface area contributed by atoms with Crippen LogP contribution >= 0.6 is 11.6 Å². The van der Waals surface area contributed by atoms with Gasteiger partial charge in [0.15, 0.2) is 0 Å². The number of likely N-dealkylation sites (N-methyl/N-ethyl adjacent to an activating group) is 2. The monoisotopic (exact) mass is 483 g/mol. The van der Waals surface area contributed by atoms with Gasteiger partial charge in [-0.05, 0) is 37.4 Å². The van der Waals surface area contributed by atoms with E-state index in [4.69, 9.17) is 16.3 Å². The number of carbonyl (C=O) groups excluding carboxylic acids is 3. The first-order valence-corrected chi connectivity index (χ1v) is 11.8. The van der Waals surface area contributed by atoms with E-state index in [1.54, 1.807) is 36.2 Å². The molecule has 34 heavy (non-hydrogen) atoms. The first-order valence-electron chi connectivity index (χ1n) is 11.4. The summed E-state index contributed by atoms with van der Waals surface area (Å²) in [5.74, 6) is -0.0282. The normalized spacial score (nSPS) is 21.7. The van der Waals surface area contributed by atoms with E-state index in [-0.39, 0.29) is 43.2 Å². The van der Waals surface area contributed by atoms with Crippen LogP contribution in [0.1, 0.15) is 24.0 Å². The first-order chi connectivity index (χ1) is 16.2. The van der Waals surface area contributed by atoms with Crippen molar-refractivity contribution in [2.24, 2.45) is 0 Å². The van der Waals surface area contributed by atoms with Crippen molar-refractivity contribution in [3.8, 4) is 5.75 Å². The van der Waals surface area contributed by atoms with Crippen molar-refractivity contribution >= 4 is 29.3 Å². The topological polar surface area (TPSA) is 70.2 Å². The van der Waals surface area contributed by atoms with Crippen LogP contribution in [0.4, 0.5) is 0 Å². The summed E-state index contributed by atoms with van der Waals surface area (Å²) >= 11 is 6.50. The molecule has 0 radical (unpaired) electrons. The van der Waals surface area contributed by atoms with Gasteiger partial charge in [-0.25, -0.2) is 0 Å². The largest absolute Gasteiger partial charge is 0.488 e. The van der Waals surface area contributed by atoms with Gasteiger partial charge >= 0.3 is 0 Å². The smallest absolute Gasteiger partial charge is 0.240 e. The number of carbonyl (C=O) groups is 3. The van der Waals surface area contributed by atoms with Crippen molar-refractivity contribution in [1.29, 1.82) is 0 Å². The van der Waals surface area contributed by atoms with Gasteiger partial charge in [-0.3, -0.25) is 19.3 Å². The molecule has 2 aromatic rings. The number of para-hydroxylation sites is 1. The number of benzene rings is 2. The number of likely N-dealkylation sites (tertiary alicyclic amines) is 1. The third kappa shape index (κ3) is 4.68. The van der Waals surface area contributed by atoms with Gasteiger partial charge in [0.1, 0.15) is 11.9 Å². The number of hydrogen-bond donors (Lipinski definition) is 0. The van der Waals surface area contributed by atoms with E-state index in [0.717, 1.165) is 17.7 Å². The summed E-state index contributed by atoms with van der Waals surface area (Å²) < 4.78 is 5.99. The number of amides is 3. The van der Waals surface area contributed by atoms with Crippen LogP contribution in [0.2, 0.25) is 5.02 Å². The number of imide groups is 1. The van der Waals surface area contributed by atoms with Gasteiger partial charge in [-0.15, -0.1) is 0 Å². The minimum atomic E-state index is -1.31. The molecule has 2 atom stereocenters. The summed E-state index contributed by atoms with van der Waals surface area (Å²) in [7, 11) is 5.47. The zero-order valence-electron chi connectivity index (χ0n) is 19.8. The minimum Gasteiger partial charge on any atom is -0.488 e. The average molecular weight is 484 g/mol. The second-order valence-corrected chi connectivity index (χ2v) is 9.80. The number of nitrogens with zero attached hydrogens (tertiary/aromatic N) is 3. The van der Waals surface area contributed by atoms with Crippen LogP contribution in [0.3, 0.4) is 0 Å². The van der Waals surface area contributed by atoms with Crippen LogP contribution in [0, 0.1) is 0 Å². The molecule has 8 heteroatoms. The standard InChI is InChI=1S/C26H30ClN3O4/c1-28(2)12-13-30-24(32)16-26(25(30)33,20-9-5-6-10-21(20)27)15-23(31)29(3)17-19-14-18-8-4-7-11-22(18)34-19/h4-11,19H,12-17H2,1-3H3/t19-,26-/m0/s1. The number of rotatable bonds is 8. The van der Waals surface area contributed by atoms with Gasteiger partial charge in [0, 0.05) is 44.4 Å². The lowest BCUT2D eigenvalue weighted by atomic mass is 9.75. The molecule has 1 saturated heterocycles. The molecular weight excluding hydrogens is 454 g/mol.